The number of benzene rings is 2. The van der Waals surface area contributed by atoms with E-state index in [9.17, 15) is 25.0 Å². The van der Waals surface area contributed by atoms with Gasteiger partial charge in [-0.1, -0.05) is 17.7 Å². The lowest BCUT2D eigenvalue weighted by Gasteiger charge is -2.37. The molecule has 168 valence electrons. The van der Waals surface area contributed by atoms with E-state index in [1.807, 2.05) is 0 Å². The van der Waals surface area contributed by atoms with E-state index in [1.165, 1.54) is 31.4 Å². The molecule has 0 radical (unpaired) electrons. The number of nitro groups is 2. The molecule has 0 bridgehead atoms. The molecular formula is C19H18ClN5O6S. The zero-order valence-corrected chi connectivity index (χ0v) is 18.4. The summed E-state index contributed by atoms with van der Waals surface area (Å²) in [5, 5.41) is 25.5. The second kappa shape index (κ2) is 9.75. The molecule has 1 fully saturated rings. The Bertz CT molecular complexity index is 1090. The predicted octanol–water partition coefficient (Wildman–Crippen LogP) is 3.00. The van der Waals surface area contributed by atoms with Gasteiger partial charge in [-0.05, 0) is 30.4 Å². The highest BCUT2D eigenvalue weighted by Gasteiger charge is 2.27. The number of ether oxygens (including phenoxy) is 1. The highest BCUT2D eigenvalue weighted by molar-refractivity contribution is 7.80. The molecule has 0 aromatic heterocycles. The molecular weight excluding hydrogens is 462 g/mol. The summed E-state index contributed by atoms with van der Waals surface area (Å²) in [6.07, 6.45) is 0. The van der Waals surface area contributed by atoms with Crippen LogP contribution in [0.25, 0.3) is 0 Å². The fourth-order valence-corrected chi connectivity index (χ4v) is 3.88. The molecule has 1 heterocycles. The van der Waals surface area contributed by atoms with Crippen LogP contribution in [-0.4, -0.2) is 59.1 Å². The third-order valence-electron chi connectivity index (χ3n) is 4.90. The monoisotopic (exact) mass is 479 g/mol. The first-order valence-electron chi connectivity index (χ1n) is 9.33. The van der Waals surface area contributed by atoms with Crippen LogP contribution in [0.5, 0.6) is 5.75 Å². The molecule has 0 unspecified atom stereocenters. The smallest absolute Gasteiger partial charge is 0.311 e. The summed E-state index contributed by atoms with van der Waals surface area (Å²) in [7, 11) is 1.30. The molecule has 1 aliphatic rings. The van der Waals surface area contributed by atoms with Crippen molar-refractivity contribution in [3.05, 3.63) is 67.2 Å². The van der Waals surface area contributed by atoms with Crippen molar-refractivity contribution in [1.29, 1.82) is 0 Å². The van der Waals surface area contributed by atoms with Crippen molar-refractivity contribution >= 4 is 51.9 Å². The number of para-hydroxylation sites is 1. The lowest BCUT2D eigenvalue weighted by Crippen LogP contribution is -2.52. The quantitative estimate of drug-likeness (QED) is 0.390. The first-order chi connectivity index (χ1) is 15.2. The number of rotatable bonds is 5. The largest absolute Gasteiger partial charge is 0.490 e. The Kier molecular flexibility index (Phi) is 7.05. The number of hydrogen-bond acceptors (Lipinski definition) is 8. The first-order valence-corrected chi connectivity index (χ1v) is 10.1. The van der Waals surface area contributed by atoms with Crippen LogP contribution < -0.4 is 15.0 Å². The molecule has 0 aliphatic carbocycles. The van der Waals surface area contributed by atoms with E-state index >= 15 is 0 Å². The Hall–Kier alpha value is -3.51. The minimum Gasteiger partial charge on any atom is -0.490 e. The lowest BCUT2D eigenvalue weighted by molar-refractivity contribution is -0.385. The van der Waals surface area contributed by atoms with E-state index in [2.05, 4.69) is 5.32 Å². The molecule has 0 spiro atoms. The highest BCUT2D eigenvalue weighted by atomic mass is 35.5. The number of nitro benzene ring substituents is 2. The minimum absolute atomic E-state index is 0.0407. The third-order valence-corrected chi connectivity index (χ3v) is 5.57. The second-order valence-electron chi connectivity index (χ2n) is 6.74. The molecule has 0 atom stereocenters. The number of carbonyl (C=O) groups excluding carboxylic acids is 1. The molecule has 11 nitrogen and oxygen atoms in total. The van der Waals surface area contributed by atoms with Crippen LogP contribution in [-0.2, 0) is 0 Å². The maximum Gasteiger partial charge on any atom is 0.311 e. The Morgan fingerprint density at radius 1 is 1.09 bits per heavy atom. The summed E-state index contributed by atoms with van der Waals surface area (Å²) in [5.74, 6) is -0.552. The van der Waals surface area contributed by atoms with Crippen molar-refractivity contribution in [2.45, 2.75) is 0 Å². The van der Waals surface area contributed by atoms with Crippen molar-refractivity contribution in [1.82, 2.24) is 10.2 Å². The topological polar surface area (TPSA) is 131 Å². The van der Waals surface area contributed by atoms with Gasteiger partial charge in [0.05, 0.1) is 22.0 Å². The Morgan fingerprint density at radius 3 is 2.34 bits per heavy atom. The summed E-state index contributed by atoms with van der Waals surface area (Å²) in [5.41, 5.74) is -0.00608. The van der Waals surface area contributed by atoms with Gasteiger partial charge in [0.1, 0.15) is 5.69 Å². The van der Waals surface area contributed by atoms with Gasteiger partial charge in [-0.3, -0.25) is 30.3 Å². The molecule has 0 saturated carbocycles. The average molecular weight is 480 g/mol. The number of nitrogens with one attached hydrogen (secondary N) is 1. The van der Waals surface area contributed by atoms with Crippen molar-refractivity contribution < 1.29 is 19.4 Å². The number of nitrogens with zero attached hydrogens (tertiary/aromatic N) is 4. The summed E-state index contributed by atoms with van der Waals surface area (Å²) < 4.78 is 4.93. The van der Waals surface area contributed by atoms with Crippen molar-refractivity contribution in [2.24, 2.45) is 0 Å². The molecule has 2 aromatic rings. The maximum absolute atomic E-state index is 12.5. The number of halogens is 1. The fourth-order valence-electron chi connectivity index (χ4n) is 3.32. The third kappa shape index (κ3) is 4.86. The van der Waals surface area contributed by atoms with E-state index < -0.39 is 15.8 Å². The summed E-state index contributed by atoms with van der Waals surface area (Å²) >= 11 is 11.5. The summed E-state index contributed by atoms with van der Waals surface area (Å²) in [6.45, 7) is 1.58. The van der Waals surface area contributed by atoms with Gasteiger partial charge >= 0.3 is 5.69 Å². The fraction of sp³-hybridized carbons (Fsp3) is 0.263. The minimum atomic E-state index is -0.638. The number of piperazine rings is 1. The van der Waals surface area contributed by atoms with Gasteiger partial charge < -0.3 is 14.5 Å². The van der Waals surface area contributed by atoms with Crippen LogP contribution in [0, 0.1) is 20.2 Å². The van der Waals surface area contributed by atoms with Crippen molar-refractivity contribution in [3.63, 3.8) is 0 Å². The first kappa shape index (κ1) is 23.2. The van der Waals surface area contributed by atoms with Crippen LogP contribution >= 0.6 is 23.8 Å². The van der Waals surface area contributed by atoms with Gasteiger partial charge in [0, 0.05) is 43.9 Å². The van der Waals surface area contributed by atoms with Gasteiger partial charge in [0.15, 0.2) is 10.9 Å². The average Bonchev–Trinajstić information content (AvgIpc) is 2.78. The van der Waals surface area contributed by atoms with Crippen LogP contribution in [0.1, 0.15) is 10.4 Å². The predicted molar refractivity (Wildman–Crippen MR) is 122 cm³/mol. The molecule has 1 amide bonds. The Labute approximate surface area is 192 Å². The van der Waals surface area contributed by atoms with Crippen molar-refractivity contribution in [3.8, 4) is 5.75 Å². The van der Waals surface area contributed by atoms with Crippen molar-refractivity contribution in [2.75, 3.05) is 38.2 Å². The number of methoxy groups -OCH3 is 1. The number of thiocarbonyl (C=S) groups is 1. The molecule has 1 aliphatic heterocycles. The number of anilines is 1. The zero-order chi connectivity index (χ0) is 23.4. The van der Waals surface area contributed by atoms with E-state index in [0.29, 0.717) is 31.9 Å². The summed E-state index contributed by atoms with van der Waals surface area (Å²) in [4.78, 5) is 37.5. The van der Waals surface area contributed by atoms with Gasteiger partial charge in [0.25, 0.3) is 11.6 Å². The van der Waals surface area contributed by atoms with Gasteiger partial charge in [0.2, 0.25) is 0 Å². The SMILES string of the molecule is COc1ccc(C(=O)NC(=S)N2CCN(c3c(Cl)cccc3[N+](=O)[O-])CC2)cc1[N+](=O)[O-]. The summed E-state index contributed by atoms with van der Waals surface area (Å²) in [6, 6.07) is 8.37. The second-order valence-corrected chi connectivity index (χ2v) is 7.54. The molecule has 13 heteroatoms. The molecule has 3 rings (SSSR count). The van der Waals surface area contributed by atoms with Crippen LogP contribution in [0.4, 0.5) is 17.1 Å². The Balaban J connectivity index is 1.66. The van der Waals surface area contributed by atoms with Gasteiger partial charge in [-0.25, -0.2) is 0 Å². The standard InChI is InChI=1S/C19H18ClN5O6S/c1-31-16-6-5-12(11-15(16)25(29)30)18(26)21-19(32)23-9-7-22(8-10-23)17-13(20)3-2-4-14(17)24(27)28/h2-6,11H,7-10H2,1H3,(H,21,26,32). The van der Waals surface area contributed by atoms with Crippen LogP contribution in [0.2, 0.25) is 5.02 Å². The van der Waals surface area contributed by atoms with E-state index in [-0.39, 0.29) is 32.8 Å². The zero-order valence-electron chi connectivity index (χ0n) is 16.8. The molecule has 1 N–H and O–H groups in total. The number of hydrogen-bond donors (Lipinski definition) is 1. The lowest BCUT2D eigenvalue weighted by atomic mass is 10.1. The normalized spacial score (nSPS) is 13.4. The highest BCUT2D eigenvalue weighted by Crippen LogP contribution is 2.35. The number of carbonyl (C=O) groups is 1. The van der Waals surface area contributed by atoms with Gasteiger partial charge in [-0.15, -0.1) is 0 Å². The van der Waals surface area contributed by atoms with Crippen LogP contribution in [0.3, 0.4) is 0 Å². The van der Waals surface area contributed by atoms with Crippen LogP contribution in [0.15, 0.2) is 36.4 Å². The number of amides is 1. The van der Waals surface area contributed by atoms with Gasteiger partial charge in [-0.2, -0.15) is 0 Å². The van der Waals surface area contributed by atoms with E-state index in [0.717, 1.165) is 6.07 Å². The Morgan fingerprint density at radius 2 is 1.75 bits per heavy atom. The molecule has 2 aromatic carbocycles. The maximum atomic E-state index is 12.5. The van der Waals surface area contributed by atoms with E-state index in [4.69, 9.17) is 28.6 Å². The van der Waals surface area contributed by atoms with E-state index in [1.54, 1.807) is 15.9 Å². The molecule has 1 saturated heterocycles. The molecule has 32 heavy (non-hydrogen) atoms.